The third-order valence-corrected chi connectivity index (χ3v) is 5.03. The van der Waals surface area contributed by atoms with Crippen LogP contribution in [0.4, 0.5) is 0 Å². The van der Waals surface area contributed by atoms with Crippen molar-refractivity contribution in [2.45, 2.75) is 33.4 Å². The van der Waals surface area contributed by atoms with Gasteiger partial charge in [-0.15, -0.1) is 10.2 Å². The third-order valence-electron chi connectivity index (χ3n) is 2.51. The van der Waals surface area contributed by atoms with Crippen LogP contribution in [0.25, 0.3) is 0 Å². The molecule has 0 saturated carbocycles. The Hall–Kier alpha value is -0.990. The monoisotopic (exact) mass is 300 g/mol. The Balaban J connectivity index is 2.30. The SMILES string of the molecule is COC(=O)c1nnc(C2(C)N=C(C(C)(C)C)SN2)s1. The van der Waals surface area contributed by atoms with Gasteiger partial charge in [0.1, 0.15) is 0 Å². The summed E-state index contributed by atoms with van der Waals surface area (Å²) in [7, 11) is 1.32. The highest BCUT2D eigenvalue weighted by Crippen LogP contribution is 2.38. The Morgan fingerprint density at radius 1 is 1.37 bits per heavy atom. The molecule has 0 radical (unpaired) electrons. The number of nitrogens with zero attached hydrogens (tertiary/aromatic N) is 3. The van der Waals surface area contributed by atoms with Gasteiger partial charge < -0.3 is 4.74 Å². The molecule has 1 aliphatic heterocycles. The van der Waals surface area contributed by atoms with Crippen LogP contribution in [0.15, 0.2) is 4.99 Å². The molecule has 1 unspecified atom stereocenters. The fraction of sp³-hybridized carbons (Fsp3) is 0.636. The number of hydrogen-bond acceptors (Lipinski definition) is 8. The number of aliphatic imine (C=N–C) groups is 1. The summed E-state index contributed by atoms with van der Waals surface area (Å²) in [6.45, 7) is 8.23. The van der Waals surface area contributed by atoms with Crippen molar-refractivity contribution in [3.8, 4) is 0 Å². The highest BCUT2D eigenvalue weighted by Gasteiger charge is 2.39. The molecule has 0 bridgehead atoms. The second-order valence-corrected chi connectivity index (χ2v) is 7.12. The molecule has 6 nitrogen and oxygen atoms in total. The summed E-state index contributed by atoms with van der Waals surface area (Å²) in [5.74, 6) is -0.474. The van der Waals surface area contributed by atoms with Crippen LogP contribution >= 0.6 is 23.3 Å². The van der Waals surface area contributed by atoms with E-state index in [4.69, 9.17) is 0 Å². The third kappa shape index (κ3) is 2.80. The van der Waals surface area contributed by atoms with Crippen LogP contribution in [-0.4, -0.2) is 28.3 Å². The van der Waals surface area contributed by atoms with E-state index in [1.54, 1.807) is 0 Å². The molecule has 8 heteroatoms. The average Bonchev–Trinajstić information content (AvgIpc) is 2.94. The molecule has 0 amide bonds. The van der Waals surface area contributed by atoms with E-state index >= 15 is 0 Å². The lowest BCUT2D eigenvalue weighted by atomic mass is 9.98. The van der Waals surface area contributed by atoms with Crippen molar-refractivity contribution in [1.82, 2.24) is 14.9 Å². The molecule has 2 heterocycles. The second-order valence-electron chi connectivity index (χ2n) is 5.35. The zero-order valence-electron chi connectivity index (χ0n) is 11.5. The zero-order chi connectivity index (χ0) is 14.3. The van der Waals surface area contributed by atoms with E-state index < -0.39 is 11.6 Å². The minimum atomic E-state index is -0.642. The van der Waals surface area contributed by atoms with Gasteiger partial charge in [0.25, 0.3) is 0 Å². The molecular formula is C11H16N4O2S2. The Morgan fingerprint density at radius 2 is 2.05 bits per heavy atom. The molecule has 0 spiro atoms. The predicted molar refractivity (Wildman–Crippen MR) is 76.2 cm³/mol. The van der Waals surface area contributed by atoms with Crippen molar-refractivity contribution >= 4 is 34.3 Å². The van der Waals surface area contributed by atoms with Crippen LogP contribution in [0.5, 0.6) is 0 Å². The predicted octanol–water partition coefficient (Wildman–Crippen LogP) is 2.19. The Morgan fingerprint density at radius 3 is 2.58 bits per heavy atom. The van der Waals surface area contributed by atoms with E-state index in [0.29, 0.717) is 5.01 Å². The number of rotatable bonds is 2. The molecule has 1 aromatic rings. The lowest BCUT2D eigenvalue weighted by molar-refractivity contribution is 0.0599. The molecular weight excluding hydrogens is 284 g/mol. The molecule has 19 heavy (non-hydrogen) atoms. The van der Waals surface area contributed by atoms with Crippen LogP contribution in [0.2, 0.25) is 0 Å². The van der Waals surface area contributed by atoms with Gasteiger partial charge in [0, 0.05) is 5.41 Å². The summed E-state index contributed by atoms with van der Waals surface area (Å²) >= 11 is 2.69. The van der Waals surface area contributed by atoms with Crippen molar-refractivity contribution in [1.29, 1.82) is 0 Å². The largest absolute Gasteiger partial charge is 0.464 e. The van der Waals surface area contributed by atoms with E-state index in [2.05, 4.69) is 45.4 Å². The Kier molecular flexibility index (Phi) is 3.67. The van der Waals surface area contributed by atoms with Crippen LogP contribution < -0.4 is 4.72 Å². The smallest absolute Gasteiger partial charge is 0.369 e. The maximum Gasteiger partial charge on any atom is 0.369 e. The standard InChI is InChI=1S/C11H16N4O2S2/c1-10(2,3)8-12-11(4,15-19-8)9-14-13-6(18-9)7(16)17-5/h15H,1-5H3. The van der Waals surface area contributed by atoms with Gasteiger partial charge in [0.15, 0.2) is 10.7 Å². The van der Waals surface area contributed by atoms with Gasteiger partial charge in [-0.3, -0.25) is 4.99 Å². The van der Waals surface area contributed by atoms with E-state index in [-0.39, 0.29) is 10.4 Å². The quantitative estimate of drug-likeness (QED) is 0.666. The summed E-state index contributed by atoms with van der Waals surface area (Å²) in [4.78, 5) is 16.1. The summed E-state index contributed by atoms with van der Waals surface area (Å²) in [5, 5.41) is 9.78. The van der Waals surface area contributed by atoms with Crippen LogP contribution in [0.1, 0.15) is 42.5 Å². The van der Waals surface area contributed by atoms with Crippen LogP contribution in [-0.2, 0) is 10.4 Å². The Bertz CT molecular complexity index is 535. The average molecular weight is 300 g/mol. The molecule has 1 aliphatic rings. The lowest BCUT2D eigenvalue weighted by Gasteiger charge is -2.17. The first-order valence-corrected chi connectivity index (χ1v) is 7.36. The molecule has 0 fully saturated rings. The first kappa shape index (κ1) is 14.4. The maximum atomic E-state index is 11.4. The van der Waals surface area contributed by atoms with Gasteiger partial charge in [-0.1, -0.05) is 32.1 Å². The van der Waals surface area contributed by atoms with E-state index in [0.717, 1.165) is 5.04 Å². The molecule has 0 aliphatic carbocycles. The molecule has 104 valence electrons. The maximum absolute atomic E-state index is 11.4. The van der Waals surface area contributed by atoms with Crippen molar-refractivity contribution in [2.24, 2.45) is 10.4 Å². The topological polar surface area (TPSA) is 76.5 Å². The van der Waals surface area contributed by atoms with E-state index in [1.165, 1.54) is 30.4 Å². The van der Waals surface area contributed by atoms with Crippen LogP contribution in [0.3, 0.4) is 0 Å². The number of hydrogen-bond donors (Lipinski definition) is 1. The molecule has 0 saturated heterocycles. The summed E-state index contributed by atoms with van der Waals surface area (Å²) < 4.78 is 7.87. The normalized spacial score (nSPS) is 23.3. The zero-order valence-corrected chi connectivity index (χ0v) is 13.1. The summed E-state index contributed by atoms with van der Waals surface area (Å²) in [5.41, 5.74) is -0.664. The van der Waals surface area contributed by atoms with Gasteiger partial charge in [-0.2, -0.15) is 0 Å². The first-order chi connectivity index (χ1) is 8.76. The molecule has 2 rings (SSSR count). The van der Waals surface area contributed by atoms with Crippen molar-refractivity contribution in [2.75, 3.05) is 7.11 Å². The van der Waals surface area contributed by atoms with Crippen molar-refractivity contribution < 1.29 is 9.53 Å². The molecule has 1 N–H and O–H groups in total. The number of methoxy groups -OCH3 is 1. The highest BCUT2D eigenvalue weighted by molar-refractivity contribution is 8.12. The minimum absolute atomic E-state index is 0.0225. The fourth-order valence-corrected chi connectivity index (χ4v) is 3.24. The first-order valence-electron chi connectivity index (χ1n) is 5.73. The van der Waals surface area contributed by atoms with E-state index in [9.17, 15) is 4.79 Å². The number of nitrogens with one attached hydrogen (secondary N) is 1. The Labute approximate surface area is 120 Å². The van der Waals surface area contributed by atoms with Gasteiger partial charge in [-0.25, -0.2) is 9.52 Å². The van der Waals surface area contributed by atoms with Crippen LogP contribution in [0, 0.1) is 5.41 Å². The molecule has 0 aromatic carbocycles. The van der Waals surface area contributed by atoms with E-state index in [1.807, 2.05) is 6.92 Å². The fourth-order valence-electron chi connectivity index (χ4n) is 1.40. The second kappa shape index (κ2) is 4.84. The van der Waals surface area contributed by atoms with Gasteiger partial charge >= 0.3 is 5.97 Å². The van der Waals surface area contributed by atoms with Gasteiger partial charge in [0.05, 0.1) is 12.2 Å². The van der Waals surface area contributed by atoms with Crippen molar-refractivity contribution in [3.63, 3.8) is 0 Å². The van der Waals surface area contributed by atoms with Gasteiger partial charge in [0.2, 0.25) is 5.01 Å². The molecule has 1 aromatic heterocycles. The lowest BCUT2D eigenvalue weighted by Crippen LogP contribution is -2.28. The summed E-state index contributed by atoms with van der Waals surface area (Å²) in [6.07, 6.45) is 0. The van der Waals surface area contributed by atoms with Crippen molar-refractivity contribution in [3.05, 3.63) is 10.0 Å². The molecule has 1 atom stereocenters. The summed E-state index contributed by atoms with van der Waals surface area (Å²) in [6, 6.07) is 0. The van der Waals surface area contributed by atoms with Gasteiger partial charge in [-0.05, 0) is 18.9 Å². The highest BCUT2D eigenvalue weighted by atomic mass is 32.2. The number of carbonyl (C=O) groups excluding carboxylic acids is 1. The number of esters is 1. The number of carbonyl (C=O) groups is 1. The minimum Gasteiger partial charge on any atom is -0.464 e. The number of aromatic nitrogens is 2. The number of ether oxygens (including phenoxy) is 1.